The van der Waals surface area contributed by atoms with E-state index in [-0.39, 0.29) is 12.0 Å². The molecule has 30 heavy (non-hydrogen) atoms. The zero-order chi connectivity index (χ0) is 21.7. The summed E-state index contributed by atoms with van der Waals surface area (Å²) in [6, 6.07) is 5.80. The molecule has 1 saturated heterocycles. The number of benzene rings is 1. The Bertz CT molecular complexity index is 884. The highest BCUT2D eigenvalue weighted by Gasteiger charge is 2.27. The predicted molar refractivity (Wildman–Crippen MR) is 117 cm³/mol. The zero-order valence-electron chi connectivity index (χ0n) is 18.4. The summed E-state index contributed by atoms with van der Waals surface area (Å²) in [6.07, 6.45) is 4.84. The van der Waals surface area contributed by atoms with Crippen LogP contribution in [0.1, 0.15) is 45.6 Å². The molecule has 0 bridgehead atoms. The monoisotopic (exact) mass is 415 g/mol. The van der Waals surface area contributed by atoms with Crippen LogP contribution in [0.3, 0.4) is 0 Å². The minimum atomic E-state index is -0.482. The first-order chi connectivity index (χ1) is 14.2. The summed E-state index contributed by atoms with van der Waals surface area (Å²) in [5.74, 6) is 1.15. The Hall–Kier alpha value is -2.70. The number of ether oxygens (including phenoxy) is 2. The SMILES string of the molecule is COc1ccc2[nH]cc(CC(=O)NCCC3CCCN(C(=O)OC(C)(C)C)C3)c2c1. The molecule has 0 saturated carbocycles. The molecule has 0 radical (unpaired) electrons. The van der Waals surface area contributed by atoms with E-state index in [0.717, 1.165) is 48.0 Å². The van der Waals surface area contributed by atoms with E-state index in [2.05, 4.69) is 10.3 Å². The standard InChI is InChI=1S/C23H33N3O4/c1-23(2,3)30-22(28)26-11-5-6-16(15-26)9-10-24-21(27)12-17-14-25-20-8-7-18(29-4)13-19(17)20/h7-8,13-14,16,25H,5-6,9-12,15H2,1-4H3,(H,24,27). The van der Waals surface area contributed by atoms with Gasteiger partial charge in [0.15, 0.2) is 0 Å². The molecule has 2 aromatic rings. The third-order valence-electron chi connectivity index (χ3n) is 5.37. The van der Waals surface area contributed by atoms with Gasteiger partial charge in [0.2, 0.25) is 5.91 Å². The average Bonchev–Trinajstić information content (AvgIpc) is 3.08. The summed E-state index contributed by atoms with van der Waals surface area (Å²) in [7, 11) is 1.63. The number of carbonyl (C=O) groups is 2. The van der Waals surface area contributed by atoms with E-state index in [1.165, 1.54) is 0 Å². The number of piperidine rings is 1. The van der Waals surface area contributed by atoms with Crippen molar-refractivity contribution >= 4 is 22.9 Å². The molecule has 0 aliphatic carbocycles. The van der Waals surface area contributed by atoms with Gasteiger partial charge in [0.05, 0.1) is 13.5 Å². The molecule has 7 heteroatoms. The molecule has 2 N–H and O–H groups in total. The fourth-order valence-corrected chi connectivity index (χ4v) is 3.87. The van der Waals surface area contributed by atoms with Crippen LogP contribution in [0.2, 0.25) is 0 Å². The summed E-state index contributed by atoms with van der Waals surface area (Å²) in [6.45, 7) is 7.68. The quantitative estimate of drug-likeness (QED) is 0.750. The van der Waals surface area contributed by atoms with Gasteiger partial charge in [0.1, 0.15) is 11.4 Å². The maximum atomic E-state index is 12.4. The van der Waals surface area contributed by atoms with Crippen LogP contribution in [-0.2, 0) is 16.0 Å². The molecule has 1 atom stereocenters. The van der Waals surface area contributed by atoms with Crippen LogP contribution in [0.4, 0.5) is 4.79 Å². The highest BCUT2D eigenvalue weighted by Crippen LogP contribution is 2.24. The summed E-state index contributed by atoms with van der Waals surface area (Å²) >= 11 is 0. The highest BCUT2D eigenvalue weighted by molar-refractivity contribution is 5.89. The Kier molecular flexibility index (Phi) is 6.90. The fraction of sp³-hybridized carbons (Fsp3) is 0.565. The normalized spacial score (nSPS) is 17.1. The number of H-pyrrole nitrogens is 1. The number of aromatic amines is 1. The molecule has 2 heterocycles. The third kappa shape index (κ3) is 5.90. The van der Waals surface area contributed by atoms with Crippen molar-refractivity contribution in [2.75, 3.05) is 26.7 Å². The predicted octanol–water partition coefficient (Wildman–Crippen LogP) is 3.87. The van der Waals surface area contributed by atoms with Gasteiger partial charge in [-0.2, -0.15) is 0 Å². The van der Waals surface area contributed by atoms with Crippen LogP contribution in [0.25, 0.3) is 10.9 Å². The second kappa shape index (κ2) is 9.41. The molecule has 1 aromatic carbocycles. The van der Waals surface area contributed by atoms with Gasteiger partial charge < -0.3 is 24.7 Å². The van der Waals surface area contributed by atoms with E-state index in [0.29, 0.717) is 25.4 Å². The lowest BCUT2D eigenvalue weighted by atomic mass is 9.95. The minimum Gasteiger partial charge on any atom is -0.497 e. The van der Waals surface area contributed by atoms with Gasteiger partial charge in [-0.05, 0) is 69.7 Å². The number of fused-ring (bicyclic) bond motifs is 1. The molecule has 2 amide bonds. The topological polar surface area (TPSA) is 83.7 Å². The van der Waals surface area contributed by atoms with E-state index in [1.54, 1.807) is 12.0 Å². The van der Waals surface area contributed by atoms with Gasteiger partial charge in [-0.3, -0.25) is 4.79 Å². The van der Waals surface area contributed by atoms with E-state index in [1.807, 2.05) is 45.2 Å². The van der Waals surface area contributed by atoms with Crippen molar-refractivity contribution in [3.63, 3.8) is 0 Å². The van der Waals surface area contributed by atoms with Crippen molar-refractivity contribution in [3.8, 4) is 5.75 Å². The van der Waals surface area contributed by atoms with Gasteiger partial charge in [-0.15, -0.1) is 0 Å². The largest absolute Gasteiger partial charge is 0.497 e. The van der Waals surface area contributed by atoms with Crippen molar-refractivity contribution in [2.24, 2.45) is 5.92 Å². The number of likely N-dealkylation sites (tertiary alicyclic amines) is 1. The smallest absolute Gasteiger partial charge is 0.410 e. The van der Waals surface area contributed by atoms with Crippen LogP contribution in [0.5, 0.6) is 5.75 Å². The number of hydrogen-bond donors (Lipinski definition) is 2. The molecule has 1 aromatic heterocycles. The van der Waals surface area contributed by atoms with Gasteiger partial charge in [-0.25, -0.2) is 4.79 Å². The summed E-state index contributed by atoms with van der Waals surface area (Å²) < 4.78 is 10.8. The third-order valence-corrected chi connectivity index (χ3v) is 5.37. The van der Waals surface area contributed by atoms with E-state index in [4.69, 9.17) is 9.47 Å². The van der Waals surface area contributed by atoms with E-state index in [9.17, 15) is 9.59 Å². The second-order valence-electron chi connectivity index (χ2n) is 8.98. The maximum Gasteiger partial charge on any atom is 0.410 e. The van der Waals surface area contributed by atoms with Crippen LogP contribution in [-0.4, -0.2) is 54.2 Å². The number of nitrogens with one attached hydrogen (secondary N) is 2. The van der Waals surface area contributed by atoms with Crippen molar-refractivity contribution < 1.29 is 19.1 Å². The first kappa shape index (κ1) is 22.0. The molecule has 1 aliphatic heterocycles. The van der Waals surface area contributed by atoms with Crippen LogP contribution in [0, 0.1) is 5.92 Å². The molecule has 1 fully saturated rings. The number of methoxy groups -OCH3 is 1. The molecule has 0 spiro atoms. The lowest BCUT2D eigenvalue weighted by Gasteiger charge is -2.34. The number of rotatable bonds is 6. The first-order valence-electron chi connectivity index (χ1n) is 10.6. The first-order valence-corrected chi connectivity index (χ1v) is 10.6. The summed E-state index contributed by atoms with van der Waals surface area (Å²) in [5.41, 5.74) is 1.46. The van der Waals surface area contributed by atoms with Gasteiger partial charge in [0, 0.05) is 36.7 Å². The number of aromatic nitrogens is 1. The van der Waals surface area contributed by atoms with E-state index < -0.39 is 5.60 Å². The highest BCUT2D eigenvalue weighted by atomic mass is 16.6. The summed E-state index contributed by atoms with van der Waals surface area (Å²) in [4.78, 5) is 29.7. The Labute approximate surface area is 178 Å². The number of carbonyl (C=O) groups excluding carboxylic acids is 2. The van der Waals surface area contributed by atoms with Crippen molar-refractivity contribution in [2.45, 2.75) is 52.1 Å². The fourth-order valence-electron chi connectivity index (χ4n) is 3.87. The molecule has 1 unspecified atom stereocenters. The molecule has 164 valence electrons. The Balaban J connectivity index is 1.46. The minimum absolute atomic E-state index is 0.00136. The van der Waals surface area contributed by atoms with Crippen LogP contribution < -0.4 is 10.1 Å². The van der Waals surface area contributed by atoms with Gasteiger partial charge >= 0.3 is 6.09 Å². The Morgan fingerprint density at radius 3 is 2.83 bits per heavy atom. The average molecular weight is 416 g/mol. The summed E-state index contributed by atoms with van der Waals surface area (Å²) in [5, 5.41) is 4.03. The van der Waals surface area contributed by atoms with Crippen molar-refractivity contribution in [1.82, 2.24) is 15.2 Å². The lowest BCUT2D eigenvalue weighted by Crippen LogP contribution is -2.43. The van der Waals surface area contributed by atoms with Crippen molar-refractivity contribution in [3.05, 3.63) is 30.0 Å². The number of nitrogens with zero attached hydrogens (tertiary/aromatic N) is 1. The zero-order valence-corrected chi connectivity index (χ0v) is 18.4. The molecule has 7 nitrogen and oxygen atoms in total. The Morgan fingerprint density at radius 1 is 1.30 bits per heavy atom. The van der Waals surface area contributed by atoms with E-state index >= 15 is 0 Å². The maximum absolute atomic E-state index is 12.4. The molecular weight excluding hydrogens is 382 g/mol. The van der Waals surface area contributed by atoms with Crippen LogP contribution >= 0.6 is 0 Å². The molecule has 3 rings (SSSR count). The molecule has 1 aliphatic rings. The van der Waals surface area contributed by atoms with Crippen molar-refractivity contribution in [1.29, 1.82) is 0 Å². The second-order valence-corrected chi connectivity index (χ2v) is 8.98. The van der Waals surface area contributed by atoms with Crippen LogP contribution in [0.15, 0.2) is 24.4 Å². The number of amides is 2. The lowest BCUT2D eigenvalue weighted by molar-refractivity contribution is -0.120. The molecular formula is C23H33N3O4. The number of hydrogen-bond acceptors (Lipinski definition) is 4. The van der Waals surface area contributed by atoms with Gasteiger partial charge in [0.25, 0.3) is 0 Å². The Morgan fingerprint density at radius 2 is 2.10 bits per heavy atom. The van der Waals surface area contributed by atoms with Gasteiger partial charge in [-0.1, -0.05) is 0 Å².